The lowest BCUT2D eigenvalue weighted by molar-refractivity contribution is -0.118. The summed E-state index contributed by atoms with van der Waals surface area (Å²) in [5.74, 6) is 0.351. The number of carbonyl (C=O) groups excluding carboxylic acids is 1. The summed E-state index contributed by atoms with van der Waals surface area (Å²) in [6.07, 6.45) is 0.559. The largest absolute Gasteiger partial charge is 0.397 e. The highest BCUT2D eigenvalue weighted by Crippen LogP contribution is 2.22. The van der Waals surface area contributed by atoms with Crippen LogP contribution in [0.3, 0.4) is 0 Å². The van der Waals surface area contributed by atoms with Gasteiger partial charge in [0.25, 0.3) is 0 Å². The SMILES string of the molecule is CC1CC(=O)CN=C1c1ccc(N)c(N)c1. The third-order valence-electron chi connectivity index (χ3n) is 2.81. The van der Waals surface area contributed by atoms with Crippen molar-refractivity contribution in [1.82, 2.24) is 0 Å². The molecule has 0 spiro atoms. The van der Waals surface area contributed by atoms with Crippen LogP contribution in [0.25, 0.3) is 0 Å². The number of hydrogen-bond acceptors (Lipinski definition) is 4. The molecule has 16 heavy (non-hydrogen) atoms. The number of Topliss-reactive ketones (excluding diaryl/α,β-unsaturated/α-hetero) is 1. The van der Waals surface area contributed by atoms with E-state index in [0.717, 1.165) is 11.3 Å². The minimum absolute atomic E-state index is 0.157. The maximum atomic E-state index is 11.2. The number of carbonyl (C=O) groups is 1. The maximum Gasteiger partial charge on any atom is 0.154 e. The van der Waals surface area contributed by atoms with E-state index >= 15 is 0 Å². The van der Waals surface area contributed by atoms with Crippen LogP contribution in [0.4, 0.5) is 11.4 Å². The molecule has 1 atom stereocenters. The van der Waals surface area contributed by atoms with Crippen molar-refractivity contribution >= 4 is 22.9 Å². The van der Waals surface area contributed by atoms with Crippen LogP contribution in [0.15, 0.2) is 23.2 Å². The Hall–Kier alpha value is -1.84. The molecule has 0 aliphatic carbocycles. The number of aliphatic imine (C=N–C) groups is 1. The number of rotatable bonds is 1. The van der Waals surface area contributed by atoms with E-state index < -0.39 is 0 Å². The lowest BCUT2D eigenvalue weighted by Gasteiger charge is -2.19. The zero-order valence-electron chi connectivity index (χ0n) is 9.23. The van der Waals surface area contributed by atoms with Crippen molar-refractivity contribution in [3.05, 3.63) is 23.8 Å². The Morgan fingerprint density at radius 1 is 1.31 bits per heavy atom. The standard InChI is InChI=1S/C12H15N3O/c1-7-4-9(16)6-15-12(7)8-2-3-10(13)11(14)5-8/h2-3,5,7H,4,6,13-14H2,1H3. The Labute approximate surface area is 94.4 Å². The van der Waals surface area contributed by atoms with Crippen LogP contribution in [0.2, 0.25) is 0 Å². The first-order valence-corrected chi connectivity index (χ1v) is 5.29. The fourth-order valence-electron chi connectivity index (χ4n) is 1.94. The molecule has 0 amide bonds. The van der Waals surface area contributed by atoms with Crippen molar-refractivity contribution in [2.45, 2.75) is 13.3 Å². The minimum atomic E-state index is 0.157. The Balaban J connectivity index is 2.37. The molecule has 1 aliphatic rings. The Morgan fingerprint density at radius 2 is 2.06 bits per heavy atom. The summed E-state index contributed by atoms with van der Waals surface area (Å²) in [6, 6.07) is 5.49. The molecule has 1 aromatic rings. The van der Waals surface area contributed by atoms with E-state index in [1.165, 1.54) is 0 Å². The molecule has 0 saturated carbocycles. The molecule has 0 aromatic heterocycles. The molecule has 0 radical (unpaired) electrons. The number of hydrogen-bond donors (Lipinski definition) is 2. The third kappa shape index (κ3) is 1.91. The van der Waals surface area contributed by atoms with Crippen LogP contribution in [0.1, 0.15) is 18.9 Å². The number of nitrogen functional groups attached to an aromatic ring is 2. The quantitative estimate of drug-likeness (QED) is 0.694. The Morgan fingerprint density at radius 3 is 2.69 bits per heavy atom. The van der Waals surface area contributed by atoms with Gasteiger partial charge >= 0.3 is 0 Å². The van der Waals surface area contributed by atoms with E-state index in [-0.39, 0.29) is 18.2 Å². The number of nitrogens with zero attached hydrogens (tertiary/aromatic N) is 1. The molecule has 4 nitrogen and oxygen atoms in total. The summed E-state index contributed by atoms with van der Waals surface area (Å²) < 4.78 is 0. The molecule has 1 heterocycles. The lowest BCUT2D eigenvalue weighted by atomic mass is 9.91. The fourth-order valence-corrected chi connectivity index (χ4v) is 1.94. The summed E-state index contributed by atoms with van der Waals surface area (Å²) in [5.41, 5.74) is 14.5. The smallest absolute Gasteiger partial charge is 0.154 e. The van der Waals surface area contributed by atoms with Crippen molar-refractivity contribution in [2.24, 2.45) is 10.9 Å². The van der Waals surface area contributed by atoms with Gasteiger partial charge < -0.3 is 11.5 Å². The van der Waals surface area contributed by atoms with Crippen LogP contribution in [-0.2, 0) is 4.79 Å². The van der Waals surface area contributed by atoms with Crippen LogP contribution < -0.4 is 11.5 Å². The highest BCUT2D eigenvalue weighted by Gasteiger charge is 2.21. The average molecular weight is 217 g/mol. The zero-order valence-corrected chi connectivity index (χ0v) is 9.23. The van der Waals surface area contributed by atoms with E-state index in [0.29, 0.717) is 17.8 Å². The van der Waals surface area contributed by atoms with Crippen LogP contribution in [0, 0.1) is 5.92 Å². The van der Waals surface area contributed by atoms with E-state index in [9.17, 15) is 4.79 Å². The molecule has 84 valence electrons. The fraction of sp³-hybridized carbons (Fsp3) is 0.333. The van der Waals surface area contributed by atoms with Gasteiger partial charge in [-0.2, -0.15) is 0 Å². The van der Waals surface area contributed by atoms with E-state index in [1.54, 1.807) is 6.07 Å². The molecule has 0 bridgehead atoms. The predicted molar refractivity (Wildman–Crippen MR) is 65.5 cm³/mol. The van der Waals surface area contributed by atoms with Gasteiger partial charge in [0.05, 0.1) is 17.9 Å². The summed E-state index contributed by atoms with van der Waals surface area (Å²) >= 11 is 0. The molecular formula is C12H15N3O. The molecule has 0 saturated heterocycles. The molecule has 4 N–H and O–H groups in total. The number of nitrogens with two attached hydrogens (primary N) is 2. The summed E-state index contributed by atoms with van der Waals surface area (Å²) in [6.45, 7) is 2.28. The van der Waals surface area contributed by atoms with E-state index in [1.807, 2.05) is 19.1 Å². The van der Waals surface area contributed by atoms with Gasteiger partial charge in [0.1, 0.15) is 0 Å². The second-order valence-corrected chi connectivity index (χ2v) is 4.19. The Kier molecular flexibility index (Phi) is 2.64. The van der Waals surface area contributed by atoms with E-state index in [2.05, 4.69) is 4.99 Å². The summed E-state index contributed by atoms with van der Waals surface area (Å²) in [5, 5.41) is 0. The first kappa shape index (κ1) is 10.7. The van der Waals surface area contributed by atoms with Crippen molar-refractivity contribution in [1.29, 1.82) is 0 Å². The second kappa shape index (κ2) is 3.96. The lowest BCUT2D eigenvalue weighted by Crippen LogP contribution is -2.24. The molecule has 0 fully saturated rings. The Bertz CT molecular complexity index is 465. The first-order chi connectivity index (χ1) is 7.58. The zero-order chi connectivity index (χ0) is 11.7. The van der Waals surface area contributed by atoms with Gasteiger partial charge in [-0.05, 0) is 17.7 Å². The van der Waals surface area contributed by atoms with Gasteiger partial charge in [0.2, 0.25) is 0 Å². The van der Waals surface area contributed by atoms with Crippen molar-refractivity contribution in [3.8, 4) is 0 Å². The van der Waals surface area contributed by atoms with Gasteiger partial charge in [-0.25, -0.2) is 0 Å². The average Bonchev–Trinajstić information content (AvgIpc) is 2.22. The van der Waals surface area contributed by atoms with E-state index in [4.69, 9.17) is 11.5 Å². The maximum absolute atomic E-state index is 11.2. The summed E-state index contributed by atoms with van der Waals surface area (Å²) in [7, 11) is 0. The first-order valence-electron chi connectivity index (χ1n) is 5.29. The second-order valence-electron chi connectivity index (χ2n) is 4.19. The van der Waals surface area contributed by atoms with Crippen molar-refractivity contribution < 1.29 is 4.79 Å². The summed E-state index contributed by atoms with van der Waals surface area (Å²) in [4.78, 5) is 15.5. The van der Waals surface area contributed by atoms with Gasteiger partial charge in [-0.15, -0.1) is 0 Å². The van der Waals surface area contributed by atoms with Crippen LogP contribution >= 0.6 is 0 Å². The van der Waals surface area contributed by atoms with Gasteiger partial charge in [-0.3, -0.25) is 9.79 Å². The molecule has 1 aliphatic heterocycles. The molecule has 4 heteroatoms. The predicted octanol–water partition coefficient (Wildman–Crippen LogP) is 1.25. The minimum Gasteiger partial charge on any atom is -0.397 e. The van der Waals surface area contributed by atoms with Gasteiger partial charge in [0.15, 0.2) is 5.78 Å². The highest BCUT2D eigenvalue weighted by atomic mass is 16.1. The molecule has 1 unspecified atom stereocenters. The topological polar surface area (TPSA) is 81.5 Å². The number of anilines is 2. The van der Waals surface area contributed by atoms with Crippen LogP contribution in [0.5, 0.6) is 0 Å². The number of ketones is 1. The van der Waals surface area contributed by atoms with Crippen molar-refractivity contribution in [2.75, 3.05) is 18.0 Å². The highest BCUT2D eigenvalue weighted by molar-refractivity contribution is 6.07. The molecule has 1 aromatic carbocycles. The molecule has 2 rings (SSSR count). The monoisotopic (exact) mass is 217 g/mol. The van der Waals surface area contributed by atoms with Crippen molar-refractivity contribution in [3.63, 3.8) is 0 Å². The normalized spacial score (nSPS) is 20.7. The number of benzene rings is 1. The van der Waals surface area contributed by atoms with Gasteiger partial charge in [-0.1, -0.05) is 13.0 Å². The molecular weight excluding hydrogens is 202 g/mol. The van der Waals surface area contributed by atoms with Crippen LogP contribution in [-0.4, -0.2) is 18.0 Å². The third-order valence-corrected chi connectivity index (χ3v) is 2.81. The van der Waals surface area contributed by atoms with Gasteiger partial charge in [0, 0.05) is 18.1 Å².